The summed E-state index contributed by atoms with van der Waals surface area (Å²) in [5.74, 6) is 0. The maximum Gasteiger partial charge on any atom is 0.269 e. The van der Waals surface area contributed by atoms with Gasteiger partial charge in [0.05, 0.1) is 4.92 Å². The highest BCUT2D eigenvalue weighted by Crippen LogP contribution is 2.43. The molecule has 0 bridgehead atoms. The normalized spacial score (nSPS) is 11.3. The van der Waals surface area contributed by atoms with E-state index in [1.807, 2.05) is 6.07 Å². The van der Waals surface area contributed by atoms with E-state index in [2.05, 4.69) is 0 Å². The van der Waals surface area contributed by atoms with Crippen molar-refractivity contribution >= 4 is 40.5 Å². The van der Waals surface area contributed by atoms with E-state index in [4.69, 9.17) is 34.8 Å². The third kappa shape index (κ3) is 3.18. The van der Waals surface area contributed by atoms with Crippen LogP contribution in [0.1, 0.15) is 5.56 Å². The molecular weight excluding hydrogens is 309 g/mol. The van der Waals surface area contributed by atoms with E-state index < -0.39 is 8.72 Å². The molecule has 0 radical (unpaired) electrons. The van der Waals surface area contributed by atoms with Gasteiger partial charge in [0.25, 0.3) is 5.69 Å². The molecule has 98 valence electrons. The van der Waals surface area contributed by atoms with Crippen molar-refractivity contribution in [1.82, 2.24) is 0 Å². The summed E-state index contributed by atoms with van der Waals surface area (Å²) in [4.78, 5) is 10.2. The van der Waals surface area contributed by atoms with Gasteiger partial charge in [-0.15, -0.1) is 0 Å². The van der Waals surface area contributed by atoms with Crippen LogP contribution >= 0.6 is 34.8 Å². The van der Waals surface area contributed by atoms with Crippen LogP contribution in [-0.2, 0) is 3.79 Å². The van der Waals surface area contributed by atoms with E-state index in [0.29, 0.717) is 5.56 Å². The lowest BCUT2D eigenvalue weighted by Gasteiger charge is -2.16. The molecule has 0 heterocycles. The smallest absolute Gasteiger partial charge is 0.258 e. The van der Waals surface area contributed by atoms with Crippen LogP contribution in [0.3, 0.4) is 0 Å². The Morgan fingerprint density at radius 2 is 1.53 bits per heavy atom. The topological polar surface area (TPSA) is 43.1 Å². The highest BCUT2D eigenvalue weighted by molar-refractivity contribution is 6.67. The molecule has 2 aromatic carbocycles. The maximum atomic E-state index is 10.6. The van der Waals surface area contributed by atoms with Crippen LogP contribution in [0.25, 0.3) is 11.1 Å². The zero-order valence-corrected chi connectivity index (χ0v) is 11.8. The zero-order chi connectivity index (χ0) is 14.0. The van der Waals surface area contributed by atoms with Crippen LogP contribution in [0.4, 0.5) is 5.69 Å². The number of alkyl halides is 3. The molecule has 0 aromatic heterocycles. The van der Waals surface area contributed by atoms with Crippen LogP contribution in [0.15, 0.2) is 48.5 Å². The Morgan fingerprint density at radius 1 is 0.947 bits per heavy atom. The Kier molecular flexibility index (Phi) is 3.99. The van der Waals surface area contributed by atoms with Gasteiger partial charge >= 0.3 is 0 Å². The van der Waals surface area contributed by atoms with Gasteiger partial charge in [0, 0.05) is 17.7 Å². The predicted molar refractivity (Wildman–Crippen MR) is 77.8 cm³/mol. The summed E-state index contributed by atoms with van der Waals surface area (Å²) in [6.45, 7) is 0. The lowest BCUT2D eigenvalue weighted by Crippen LogP contribution is -2.02. The summed E-state index contributed by atoms with van der Waals surface area (Å²) in [5, 5.41) is 10.6. The molecule has 0 saturated heterocycles. The Hall–Kier alpha value is -1.29. The monoisotopic (exact) mass is 315 g/mol. The lowest BCUT2D eigenvalue weighted by molar-refractivity contribution is -0.384. The minimum absolute atomic E-state index is 0.0233. The first-order valence-corrected chi connectivity index (χ1v) is 6.44. The van der Waals surface area contributed by atoms with E-state index in [-0.39, 0.29) is 5.69 Å². The van der Waals surface area contributed by atoms with Crippen LogP contribution in [0, 0.1) is 10.1 Å². The summed E-state index contributed by atoms with van der Waals surface area (Å²) in [7, 11) is 0. The van der Waals surface area contributed by atoms with E-state index in [0.717, 1.165) is 11.1 Å². The Morgan fingerprint density at radius 3 is 2.05 bits per heavy atom. The molecule has 0 spiro atoms. The standard InChI is InChI=1S/C13H8Cl3NO2/c14-13(15,16)12-4-2-1-3-11(12)9-5-7-10(8-6-9)17(18)19/h1-8H. The minimum Gasteiger partial charge on any atom is -0.258 e. The molecule has 0 N–H and O–H groups in total. The van der Waals surface area contributed by atoms with Crippen LogP contribution in [0.5, 0.6) is 0 Å². The van der Waals surface area contributed by atoms with Gasteiger partial charge in [0.1, 0.15) is 0 Å². The fourth-order valence-electron chi connectivity index (χ4n) is 1.74. The Bertz CT molecular complexity index is 606. The van der Waals surface area contributed by atoms with Gasteiger partial charge in [-0.3, -0.25) is 10.1 Å². The van der Waals surface area contributed by atoms with Gasteiger partial charge in [0.2, 0.25) is 3.79 Å². The molecule has 2 aromatic rings. The average Bonchev–Trinajstić information content (AvgIpc) is 2.38. The maximum absolute atomic E-state index is 10.6. The zero-order valence-electron chi connectivity index (χ0n) is 9.52. The molecule has 0 aliphatic heterocycles. The van der Waals surface area contributed by atoms with Crippen LogP contribution in [-0.4, -0.2) is 4.92 Å². The van der Waals surface area contributed by atoms with Gasteiger partial charge in [-0.2, -0.15) is 0 Å². The van der Waals surface area contributed by atoms with Crippen molar-refractivity contribution in [3.63, 3.8) is 0 Å². The van der Waals surface area contributed by atoms with Gasteiger partial charge in [-0.1, -0.05) is 59.1 Å². The number of benzene rings is 2. The van der Waals surface area contributed by atoms with Gasteiger partial charge in [-0.05, 0) is 23.3 Å². The summed E-state index contributed by atoms with van der Waals surface area (Å²) >= 11 is 17.8. The summed E-state index contributed by atoms with van der Waals surface area (Å²) in [6, 6.07) is 13.2. The molecule has 0 atom stereocenters. The molecule has 0 aliphatic rings. The second-order valence-corrected chi connectivity index (χ2v) is 6.13. The Balaban J connectivity index is 2.50. The molecule has 0 unspecified atom stereocenters. The third-order valence-corrected chi connectivity index (χ3v) is 3.23. The SMILES string of the molecule is O=[N+]([O-])c1ccc(-c2ccccc2C(Cl)(Cl)Cl)cc1. The molecule has 0 amide bonds. The third-order valence-electron chi connectivity index (χ3n) is 2.62. The second kappa shape index (κ2) is 5.37. The first-order valence-electron chi connectivity index (χ1n) is 5.30. The number of nitro benzene ring substituents is 1. The van der Waals surface area contributed by atoms with Gasteiger partial charge < -0.3 is 0 Å². The highest BCUT2D eigenvalue weighted by Gasteiger charge is 2.26. The van der Waals surface area contributed by atoms with Crippen molar-refractivity contribution in [1.29, 1.82) is 0 Å². The lowest BCUT2D eigenvalue weighted by atomic mass is 10.0. The number of non-ortho nitro benzene ring substituents is 1. The largest absolute Gasteiger partial charge is 0.269 e. The number of hydrogen-bond donors (Lipinski definition) is 0. The van der Waals surface area contributed by atoms with Gasteiger partial charge in [0.15, 0.2) is 0 Å². The first kappa shape index (κ1) is 14.1. The van der Waals surface area contributed by atoms with E-state index >= 15 is 0 Å². The van der Waals surface area contributed by atoms with Crippen molar-refractivity contribution in [3.05, 3.63) is 64.2 Å². The number of hydrogen-bond acceptors (Lipinski definition) is 2. The van der Waals surface area contributed by atoms with E-state index in [9.17, 15) is 10.1 Å². The molecule has 2 rings (SSSR count). The highest BCUT2D eigenvalue weighted by atomic mass is 35.6. The molecule has 0 saturated carbocycles. The van der Waals surface area contributed by atoms with Crippen molar-refractivity contribution in [2.45, 2.75) is 3.79 Å². The summed E-state index contributed by atoms with van der Waals surface area (Å²) in [5.41, 5.74) is 2.05. The number of nitrogens with zero attached hydrogens (tertiary/aromatic N) is 1. The van der Waals surface area contributed by atoms with Crippen molar-refractivity contribution in [3.8, 4) is 11.1 Å². The molecule has 3 nitrogen and oxygen atoms in total. The fraction of sp³-hybridized carbons (Fsp3) is 0.0769. The van der Waals surface area contributed by atoms with Crippen LogP contribution in [0.2, 0.25) is 0 Å². The number of halogens is 3. The van der Waals surface area contributed by atoms with Gasteiger partial charge in [-0.25, -0.2) is 0 Å². The van der Waals surface area contributed by atoms with Crippen LogP contribution < -0.4 is 0 Å². The van der Waals surface area contributed by atoms with Crippen molar-refractivity contribution < 1.29 is 4.92 Å². The quantitative estimate of drug-likeness (QED) is 0.440. The number of rotatable bonds is 2. The molecule has 6 heteroatoms. The van der Waals surface area contributed by atoms with Crippen molar-refractivity contribution in [2.24, 2.45) is 0 Å². The Labute approximate surface area is 124 Å². The molecular formula is C13H8Cl3NO2. The summed E-state index contributed by atoms with van der Waals surface area (Å²) < 4.78 is -1.54. The minimum atomic E-state index is -1.54. The number of nitro groups is 1. The fourth-order valence-corrected chi connectivity index (χ4v) is 2.24. The molecule has 0 aliphatic carbocycles. The first-order chi connectivity index (χ1) is 8.89. The molecule has 19 heavy (non-hydrogen) atoms. The predicted octanol–water partition coefficient (Wildman–Crippen LogP) is 5.09. The van der Waals surface area contributed by atoms with Crippen molar-refractivity contribution in [2.75, 3.05) is 0 Å². The van der Waals surface area contributed by atoms with E-state index in [1.54, 1.807) is 30.3 Å². The molecule has 0 fully saturated rings. The summed E-state index contributed by atoms with van der Waals surface area (Å²) in [6.07, 6.45) is 0. The van der Waals surface area contributed by atoms with E-state index in [1.165, 1.54) is 12.1 Å². The second-order valence-electron chi connectivity index (χ2n) is 3.85. The average molecular weight is 317 g/mol.